The lowest BCUT2D eigenvalue weighted by atomic mass is 10.2. The number of aromatic carboxylic acids is 1. The van der Waals surface area contributed by atoms with E-state index in [0.717, 1.165) is 17.8 Å². The summed E-state index contributed by atoms with van der Waals surface area (Å²) in [5.74, 6) is -0.537. The van der Waals surface area contributed by atoms with Crippen LogP contribution in [-0.2, 0) is 16.6 Å². The van der Waals surface area contributed by atoms with Gasteiger partial charge in [-0.3, -0.25) is 0 Å². The Kier molecular flexibility index (Phi) is 4.29. The van der Waals surface area contributed by atoms with Gasteiger partial charge in [0.25, 0.3) is 0 Å². The number of aromatic nitrogens is 1. The van der Waals surface area contributed by atoms with Crippen molar-refractivity contribution in [2.45, 2.75) is 11.4 Å². The van der Waals surface area contributed by atoms with Crippen molar-refractivity contribution < 1.29 is 23.1 Å². The molecule has 0 amide bonds. The summed E-state index contributed by atoms with van der Waals surface area (Å²) in [4.78, 5) is 13.0. The van der Waals surface area contributed by atoms with Gasteiger partial charge in [-0.1, -0.05) is 12.1 Å². The summed E-state index contributed by atoms with van der Waals surface area (Å²) in [6, 6.07) is 7.99. The van der Waals surface area contributed by atoms with Gasteiger partial charge in [0, 0.05) is 12.7 Å². The number of carboxylic acid groups (broad SMARTS) is 1. The molecule has 0 radical (unpaired) electrons. The smallest absolute Gasteiger partial charge is 0.352 e. The average molecular weight is 310 g/mol. The summed E-state index contributed by atoms with van der Waals surface area (Å²) in [7, 11) is -2.22. The van der Waals surface area contributed by atoms with Crippen LogP contribution in [0.1, 0.15) is 16.1 Å². The van der Waals surface area contributed by atoms with Gasteiger partial charge in [-0.2, -0.15) is 0 Å². The molecule has 0 atom stereocenters. The van der Waals surface area contributed by atoms with Gasteiger partial charge in [0.2, 0.25) is 10.0 Å². The van der Waals surface area contributed by atoms with E-state index >= 15 is 0 Å². The van der Waals surface area contributed by atoms with Crippen molar-refractivity contribution in [3.8, 4) is 5.75 Å². The Morgan fingerprint density at radius 1 is 1.33 bits per heavy atom. The summed E-state index contributed by atoms with van der Waals surface area (Å²) in [5, 5.41) is 8.76. The first-order valence-electron chi connectivity index (χ1n) is 5.96. The van der Waals surface area contributed by atoms with Crippen molar-refractivity contribution in [1.29, 1.82) is 0 Å². The number of nitrogens with one attached hydrogen (secondary N) is 2. The third-order valence-corrected chi connectivity index (χ3v) is 4.20. The molecule has 3 N–H and O–H groups in total. The second kappa shape index (κ2) is 5.98. The fourth-order valence-electron chi connectivity index (χ4n) is 1.66. The number of H-pyrrole nitrogens is 1. The summed E-state index contributed by atoms with van der Waals surface area (Å²) in [6.07, 6.45) is 1.14. The molecule has 1 aromatic heterocycles. The minimum absolute atomic E-state index is 0.0971. The van der Waals surface area contributed by atoms with E-state index in [9.17, 15) is 13.2 Å². The zero-order valence-electron chi connectivity index (χ0n) is 11.2. The number of benzene rings is 1. The topological polar surface area (TPSA) is 108 Å². The quantitative estimate of drug-likeness (QED) is 0.743. The van der Waals surface area contributed by atoms with Crippen molar-refractivity contribution in [3.05, 3.63) is 47.8 Å². The van der Waals surface area contributed by atoms with E-state index in [0.29, 0.717) is 5.75 Å². The van der Waals surface area contributed by atoms with Crippen LogP contribution < -0.4 is 9.46 Å². The zero-order chi connectivity index (χ0) is 15.5. The van der Waals surface area contributed by atoms with Crippen LogP contribution in [0, 0.1) is 0 Å². The maximum atomic E-state index is 12.0. The molecule has 2 rings (SSSR count). The molecule has 0 aliphatic rings. The number of hydrogen-bond donors (Lipinski definition) is 3. The largest absolute Gasteiger partial charge is 0.497 e. The first kappa shape index (κ1) is 15.1. The van der Waals surface area contributed by atoms with Gasteiger partial charge in [-0.05, 0) is 23.8 Å². The van der Waals surface area contributed by atoms with Gasteiger partial charge in [-0.15, -0.1) is 0 Å². The molecule has 1 heterocycles. The molecule has 0 unspecified atom stereocenters. The molecule has 112 valence electrons. The van der Waals surface area contributed by atoms with E-state index in [1.807, 2.05) is 0 Å². The average Bonchev–Trinajstić information content (AvgIpc) is 2.97. The molecule has 2 aromatic rings. The number of rotatable bonds is 6. The molecule has 0 spiro atoms. The van der Waals surface area contributed by atoms with Crippen LogP contribution in [0.25, 0.3) is 0 Å². The van der Waals surface area contributed by atoms with Crippen molar-refractivity contribution in [3.63, 3.8) is 0 Å². The molecule has 8 heteroatoms. The van der Waals surface area contributed by atoms with Gasteiger partial charge >= 0.3 is 5.97 Å². The van der Waals surface area contributed by atoms with Crippen molar-refractivity contribution in [1.82, 2.24) is 9.71 Å². The van der Waals surface area contributed by atoms with Gasteiger partial charge in [0.15, 0.2) is 0 Å². The molecular weight excluding hydrogens is 296 g/mol. The van der Waals surface area contributed by atoms with Crippen molar-refractivity contribution in [2.24, 2.45) is 0 Å². The predicted octanol–water partition coefficient (Wildman–Crippen LogP) is 1.20. The Bertz CT molecular complexity index is 734. The maximum Gasteiger partial charge on any atom is 0.352 e. The lowest BCUT2D eigenvalue weighted by Gasteiger charge is -2.06. The van der Waals surface area contributed by atoms with Crippen LogP contribution in [0.5, 0.6) is 5.75 Å². The Morgan fingerprint density at radius 3 is 2.52 bits per heavy atom. The molecule has 0 aliphatic heterocycles. The lowest BCUT2D eigenvalue weighted by molar-refractivity contribution is 0.0691. The molecule has 0 saturated carbocycles. The number of ether oxygens (including phenoxy) is 1. The van der Waals surface area contributed by atoms with Crippen LogP contribution in [-0.4, -0.2) is 31.6 Å². The standard InChI is InChI=1S/C13H14N2O5S/c1-20-10-4-2-9(3-5-10)7-15-21(18,19)11-6-12(13(16)17)14-8-11/h2-6,8,14-15H,7H2,1H3,(H,16,17). The number of methoxy groups -OCH3 is 1. The SMILES string of the molecule is COc1ccc(CNS(=O)(=O)c2c[nH]c(C(=O)O)c2)cc1. The number of sulfonamides is 1. The highest BCUT2D eigenvalue weighted by Crippen LogP contribution is 2.14. The molecular formula is C13H14N2O5S. The van der Waals surface area contributed by atoms with Crippen LogP contribution in [0.15, 0.2) is 41.4 Å². The third kappa shape index (κ3) is 3.61. The van der Waals surface area contributed by atoms with E-state index in [1.54, 1.807) is 31.4 Å². The van der Waals surface area contributed by atoms with Crippen molar-refractivity contribution in [2.75, 3.05) is 7.11 Å². The first-order chi connectivity index (χ1) is 9.92. The Balaban J connectivity index is 2.07. The highest BCUT2D eigenvalue weighted by molar-refractivity contribution is 7.89. The van der Waals surface area contributed by atoms with E-state index in [4.69, 9.17) is 9.84 Å². The van der Waals surface area contributed by atoms with Crippen LogP contribution in [0.4, 0.5) is 0 Å². The van der Waals surface area contributed by atoms with E-state index in [1.165, 1.54) is 0 Å². The molecule has 0 fully saturated rings. The number of carboxylic acids is 1. The monoisotopic (exact) mass is 310 g/mol. The molecule has 7 nitrogen and oxygen atoms in total. The Hall–Kier alpha value is -2.32. The lowest BCUT2D eigenvalue weighted by Crippen LogP contribution is -2.22. The Morgan fingerprint density at radius 2 is 2.00 bits per heavy atom. The molecule has 1 aromatic carbocycles. The molecule has 0 saturated heterocycles. The van der Waals surface area contributed by atoms with Crippen LogP contribution in [0.2, 0.25) is 0 Å². The maximum absolute atomic E-state index is 12.0. The Labute approximate surface area is 121 Å². The van der Waals surface area contributed by atoms with E-state index < -0.39 is 16.0 Å². The summed E-state index contributed by atoms with van der Waals surface area (Å²) < 4.78 is 31.4. The van der Waals surface area contributed by atoms with Gasteiger partial charge in [-0.25, -0.2) is 17.9 Å². The summed E-state index contributed by atoms with van der Waals surface area (Å²) in [6.45, 7) is 0.0971. The second-order valence-corrected chi connectivity index (χ2v) is 5.99. The van der Waals surface area contributed by atoms with E-state index in [-0.39, 0.29) is 17.1 Å². The minimum Gasteiger partial charge on any atom is -0.497 e. The first-order valence-corrected chi connectivity index (χ1v) is 7.45. The van der Waals surface area contributed by atoms with Crippen LogP contribution in [0.3, 0.4) is 0 Å². The number of hydrogen-bond acceptors (Lipinski definition) is 4. The van der Waals surface area contributed by atoms with Gasteiger partial charge < -0.3 is 14.8 Å². The fourth-order valence-corrected chi connectivity index (χ4v) is 2.67. The van der Waals surface area contributed by atoms with E-state index in [2.05, 4.69) is 9.71 Å². The highest BCUT2D eigenvalue weighted by Gasteiger charge is 2.17. The minimum atomic E-state index is -3.76. The zero-order valence-corrected chi connectivity index (χ0v) is 12.0. The normalized spacial score (nSPS) is 11.3. The predicted molar refractivity (Wildman–Crippen MR) is 74.8 cm³/mol. The summed E-state index contributed by atoms with van der Waals surface area (Å²) in [5.41, 5.74) is 0.577. The summed E-state index contributed by atoms with van der Waals surface area (Å²) >= 11 is 0. The van der Waals surface area contributed by atoms with Crippen LogP contribution >= 0.6 is 0 Å². The fraction of sp³-hybridized carbons (Fsp3) is 0.154. The highest BCUT2D eigenvalue weighted by atomic mass is 32.2. The molecule has 0 bridgehead atoms. The van der Waals surface area contributed by atoms with Gasteiger partial charge in [0.1, 0.15) is 16.3 Å². The third-order valence-electron chi connectivity index (χ3n) is 2.82. The second-order valence-electron chi connectivity index (χ2n) is 4.23. The van der Waals surface area contributed by atoms with Crippen molar-refractivity contribution >= 4 is 16.0 Å². The molecule has 0 aliphatic carbocycles. The molecule has 21 heavy (non-hydrogen) atoms. The number of carbonyl (C=O) groups is 1. The van der Waals surface area contributed by atoms with Gasteiger partial charge in [0.05, 0.1) is 7.11 Å². The number of aromatic amines is 1.